The van der Waals surface area contributed by atoms with Gasteiger partial charge in [0.25, 0.3) is 0 Å². The Kier molecular flexibility index (Phi) is 4.40. The van der Waals surface area contributed by atoms with Gasteiger partial charge in [0.1, 0.15) is 0 Å². The minimum atomic E-state index is 0.711. The van der Waals surface area contributed by atoms with Crippen molar-refractivity contribution in [2.75, 3.05) is 6.54 Å². The topological polar surface area (TPSA) is 24.9 Å². The van der Waals surface area contributed by atoms with Gasteiger partial charge in [-0.25, -0.2) is 0 Å². The maximum atomic E-state index is 4.75. The van der Waals surface area contributed by atoms with Gasteiger partial charge in [-0.2, -0.15) is 0 Å². The molecule has 1 fully saturated rings. The van der Waals surface area contributed by atoms with Gasteiger partial charge in [0.05, 0.1) is 0 Å². The summed E-state index contributed by atoms with van der Waals surface area (Å²) in [6.45, 7) is 5.88. The zero-order valence-electron chi connectivity index (χ0n) is 12.9. The van der Waals surface area contributed by atoms with Crippen molar-refractivity contribution in [3.05, 3.63) is 29.6 Å². The molecule has 0 saturated heterocycles. The molecule has 0 aromatic carbocycles. The largest absolute Gasteiger partial charge is 0.314 e. The summed E-state index contributed by atoms with van der Waals surface area (Å²) in [5.74, 6) is 2.33. The molecule has 20 heavy (non-hydrogen) atoms. The summed E-state index contributed by atoms with van der Waals surface area (Å²) < 4.78 is 0. The van der Waals surface area contributed by atoms with Crippen molar-refractivity contribution in [3.8, 4) is 0 Å². The van der Waals surface area contributed by atoms with Gasteiger partial charge in [0.2, 0.25) is 0 Å². The van der Waals surface area contributed by atoms with Gasteiger partial charge in [-0.1, -0.05) is 19.9 Å². The number of hydrogen-bond donors (Lipinski definition) is 1. The molecule has 110 valence electrons. The third-order valence-electron chi connectivity index (χ3n) is 5.53. The van der Waals surface area contributed by atoms with Crippen LogP contribution in [0.25, 0.3) is 0 Å². The Labute approximate surface area is 123 Å². The molecule has 0 radical (unpaired) electrons. The first-order valence-electron chi connectivity index (χ1n) is 8.48. The Morgan fingerprint density at radius 2 is 2.20 bits per heavy atom. The second kappa shape index (κ2) is 6.26. The standard InChI is InChI=1S/C18H28N2/c1-3-11-19-17-10-9-15(13(17)2)16-8-4-6-14-7-5-12-20-18(14)16/h5,7,12-13,15-17,19H,3-4,6,8-11H2,1-2H3. The quantitative estimate of drug-likeness (QED) is 0.898. The van der Waals surface area contributed by atoms with Crippen molar-refractivity contribution in [1.82, 2.24) is 10.3 Å². The molecule has 1 heterocycles. The Morgan fingerprint density at radius 1 is 1.30 bits per heavy atom. The molecule has 3 rings (SSSR count). The summed E-state index contributed by atoms with van der Waals surface area (Å²) in [4.78, 5) is 4.75. The fraction of sp³-hybridized carbons (Fsp3) is 0.722. The molecule has 4 atom stereocenters. The van der Waals surface area contributed by atoms with Crippen molar-refractivity contribution in [2.24, 2.45) is 11.8 Å². The van der Waals surface area contributed by atoms with Crippen molar-refractivity contribution in [2.45, 2.75) is 64.3 Å². The van der Waals surface area contributed by atoms with E-state index in [1.165, 1.54) is 56.3 Å². The van der Waals surface area contributed by atoms with Crippen LogP contribution in [0.2, 0.25) is 0 Å². The monoisotopic (exact) mass is 272 g/mol. The molecule has 1 N–H and O–H groups in total. The van der Waals surface area contributed by atoms with E-state index in [1.54, 1.807) is 0 Å². The van der Waals surface area contributed by atoms with Gasteiger partial charge < -0.3 is 5.32 Å². The van der Waals surface area contributed by atoms with Gasteiger partial charge in [-0.15, -0.1) is 0 Å². The third kappa shape index (κ3) is 2.63. The summed E-state index contributed by atoms with van der Waals surface area (Å²) in [6, 6.07) is 5.13. The highest BCUT2D eigenvalue weighted by atomic mass is 14.9. The van der Waals surface area contributed by atoms with Crippen LogP contribution in [0.15, 0.2) is 18.3 Å². The average molecular weight is 272 g/mol. The van der Waals surface area contributed by atoms with Crippen LogP contribution in [0.1, 0.15) is 63.1 Å². The van der Waals surface area contributed by atoms with Crippen LogP contribution >= 0.6 is 0 Å². The molecule has 1 aromatic rings. The lowest BCUT2D eigenvalue weighted by Gasteiger charge is -2.32. The van der Waals surface area contributed by atoms with E-state index in [9.17, 15) is 0 Å². The zero-order chi connectivity index (χ0) is 13.9. The Balaban J connectivity index is 1.74. The van der Waals surface area contributed by atoms with Gasteiger partial charge >= 0.3 is 0 Å². The van der Waals surface area contributed by atoms with Gasteiger partial charge in [-0.05, 0) is 68.5 Å². The Morgan fingerprint density at radius 3 is 3.05 bits per heavy atom. The minimum Gasteiger partial charge on any atom is -0.314 e. The second-order valence-electron chi connectivity index (χ2n) is 6.71. The number of aromatic nitrogens is 1. The van der Waals surface area contributed by atoms with Crippen LogP contribution < -0.4 is 5.32 Å². The van der Waals surface area contributed by atoms with Crippen molar-refractivity contribution < 1.29 is 0 Å². The normalized spacial score (nSPS) is 33.1. The van der Waals surface area contributed by atoms with Crippen LogP contribution in [0, 0.1) is 11.8 Å². The molecule has 0 spiro atoms. The van der Waals surface area contributed by atoms with Gasteiger partial charge in [0, 0.05) is 23.9 Å². The number of aryl methyl sites for hydroxylation is 1. The lowest BCUT2D eigenvalue weighted by Crippen LogP contribution is -2.34. The van der Waals surface area contributed by atoms with E-state index in [1.807, 2.05) is 6.20 Å². The summed E-state index contributed by atoms with van der Waals surface area (Å²) in [5.41, 5.74) is 2.94. The molecule has 2 aliphatic rings. The van der Waals surface area contributed by atoms with E-state index in [0.29, 0.717) is 5.92 Å². The molecule has 0 amide bonds. The van der Waals surface area contributed by atoms with Crippen molar-refractivity contribution in [1.29, 1.82) is 0 Å². The zero-order valence-corrected chi connectivity index (χ0v) is 12.9. The minimum absolute atomic E-state index is 0.711. The van der Waals surface area contributed by atoms with Gasteiger partial charge in [0.15, 0.2) is 0 Å². The highest BCUT2D eigenvalue weighted by Crippen LogP contribution is 2.45. The van der Waals surface area contributed by atoms with Crippen LogP contribution in [0.3, 0.4) is 0 Å². The molecule has 2 heteroatoms. The van der Waals surface area contributed by atoms with E-state index < -0.39 is 0 Å². The number of fused-ring (bicyclic) bond motifs is 1. The molecule has 2 aliphatic carbocycles. The van der Waals surface area contributed by atoms with Crippen LogP contribution in [0.4, 0.5) is 0 Å². The van der Waals surface area contributed by atoms with Crippen LogP contribution in [0.5, 0.6) is 0 Å². The van der Waals surface area contributed by atoms with E-state index in [0.717, 1.165) is 17.9 Å². The van der Waals surface area contributed by atoms with Crippen LogP contribution in [-0.2, 0) is 6.42 Å². The summed E-state index contributed by atoms with van der Waals surface area (Å²) >= 11 is 0. The molecule has 0 bridgehead atoms. The lowest BCUT2D eigenvalue weighted by atomic mass is 9.74. The fourth-order valence-corrected chi connectivity index (χ4v) is 4.44. The Hall–Kier alpha value is -0.890. The maximum absolute atomic E-state index is 4.75. The van der Waals surface area contributed by atoms with Crippen LogP contribution in [-0.4, -0.2) is 17.6 Å². The number of nitrogens with one attached hydrogen (secondary N) is 1. The lowest BCUT2D eigenvalue weighted by molar-refractivity contribution is 0.283. The average Bonchev–Trinajstić information content (AvgIpc) is 2.85. The third-order valence-corrected chi connectivity index (χ3v) is 5.53. The SMILES string of the molecule is CCCNC1CCC(C2CCCc3cccnc32)C1C. The first kappa shape index (κ1) is 14.1. The number of nitrogens with zero attached hydrogens (tertiary/aromatic N) is 1. The highest BCUT2D eigenvalue weighted by molar-refractivity contribution is 5.27. The van der Waals surface area contributed by atoms with E-state index >= 15 is 0 Å². The molecular weight excluding hydrogens is 244 g/mol. The van der Waals surface area contributed by atoms with Crippen molar-refractivity contribution >= 4 is 0 Å². The first-order valence-corrected chi connectivity index (χ1v) is 8.48. The predicted molar refractivity (Wildman–Crippen MR) is 83.9 cm³/mol. The highest BCUT2D eigenvalue weighted by Gasteiger charge is 2.39. The van der Waals surface area contributed by atoms with Crippen molar-refractivity contribution in [3.63, 3.8) is 0 Å². The number of hydrogen-bond acceptors (Lipinski definition) is 2. The first-order chi connectivity index (χ1) is 9.81. The molecular formula is C18H28N2. The van der Waals surface area contributed by atoms with E-state index in [2.05, 4.69) is 31.3 Å². The summed E-state index contributed by atoms with van der Waals surface area (Å²) in [6.07, 6.45) is 9.89. The molecule has 0 aliphatic heterocycles. The molecule has 1 aromatic heterocycles. The molecule has 1 saturated carbocycles. The van der Waals surface area contributed by atoms with E-state index in [4.69, 9.17) is 4.98 Å². The summed E-state index contributed by atoms with van der Waals surface area (Å²) in [7, 11) is 0. The predicted octanol–water partition coefficient (Wildman–Crippen LogP) is 3.92. The summed E-state index contributed by atoms with van der Waals surface area (Å²) in [5, 5.41) is 3.75. The van der Waals surface area contributed by atoms with Gasteiger partial charge in [-0.3, -0.25) is 4.98 Å². The molecule has 4 unspecified atom stereocenters. The maximum Gasteiger partial charge on any atom is 0.0469 e. The fourth-order valence-electron chi connectivity index (χ4n) is 4.44. The number of pyridine rings is 1. The van der Waals surface area contributed by atoms with E-state index in [-0.39, 0.29) is 0 Å². The number of rotatable bonds is 4. The second-order valence-corrected chi connectivity index (χ2v) is 6.71. The Bertz CT molecular complexity index is 443. The molecule has 2 nitrogen and oxygen atoms in total. The smallest absolute Gasteiger partial charge is 0.0469 e.